The Labute approximate surface area is 132 Å². The number of pyridine rings is 1. The average Bonchev–Trinajstić information content (AvgIpc) is 2.50. The van der Waals surface area contributed by atoms with Crippen LogP contribution in [-0.4, -0.2) is 11.1 Å². The summed E-state index contributed by atoms with van der Waals surface area (Å²) in [4.78, 5) is 16.5. The van der Waals surface area contributed by atoms with Crippen LogP contribution in [0.3, 0.4) is 0 Å². The highest BCUT2D eigenvalue weighted by molar-refractivity contribution is 6.33. The molecular weight excluding hydrogens is 300 g/mol. The number of carbonyl (C=O) groups is 1. The number of nitrogens with one attached hydrogen (secondary N) is 1. The monoisotopic (exact) mass is 312 g/mol. The van der Waals surface area contributed by atoms with Crippen molar-refractivity contribution in [2.24, 2.45) is 0 Å². The topological polar surface area (TPSA) is 51.2 Å². The zero-order valence-electron chi connectivity index (χ0n) is 11.8. The van der Waals surface area contributed by atoms with Gasteiger partial charge in [-0.05, 0) is 31.2 Å². The summed E-state index contributed by atoms with van der Waals surface area (Å²) in [5, 5.41) is 3.98. The lowest BCUT2D eigenvalue weighted by Crippen LogP contribution is -2.17. The zero-order chi connectivity index (χ0) is 15.5. The largest absolute Gasteiger partial charge is 0.417 e. The number of fused-ring (bicyclic) bond motifs is 1. The quantitative estimate of drug-likeness (QED) is 0.739. The van der Waals surface area contributed by atoms with Crippen molar-refractivity contribution in [3.63, 3.8) is 0 Å². The number of hydrogen-bond donors (Lipinski definition) is 1. The molecule has 0 saturated carbocycles. The average molecular weight is 313 g/mol. The van der Waals surface area contributed by atoms with Gasteiger partial charge in [0.2, 0.25) is 0 Å². The first-order chi connectivity index (χ1) is 10.6. The van der Waals surface area contributed by atoms with E-state index in [-0.39, 0.29) is 0 Å². The van der Waals surface area contributed by atoms with E-state index in [1.165, 1.54) is 0 Å². The molecule has 110 valence electrons. The van der Waals surface area contributed by atoms with Crippen molar-refractivity contribution in [2.75, 3.05) is 5.32 Å². The summed E-state index contributed by atoms with van der Waals surface area (Å²) in [5.41, 5.74) is 2.01. The third kappa shape index (κ3) is 3.02. The Balaban J connectivity index is 1.85. The number of halogens is 1. The molecule has 1 amide bonds. The second-order valence-corrected chi connectivity index (χ2v) is 5.18. The van der Waals surface area contributed by atoms with Crippen molar-refractivity contribution in [1.82, 2.24) is 4.98 Å². The van der Waals surface area contributed by atoms with Gasteiger partial charge in [-0.15, -0.1) is 0 Å². The summed E-state index contributed by atoms with van der Waals surface area (Å²) in [6.07, 6.45) is -0.607. The van der Waals surface area contributed by atoms with Crippen molar-refractivity contribution in [2.45, 2.75) is 6.92 Å². The number of hydrogen-bond acceptors (Lipinski definition) is 3. The van der Waals surface area contributed by atoms with E-state index in [4.69, 9.17) is 16.3 Å². The zero-order valence-corrected chi connectivity index (χ0v) is 12.6. The van der Waals surface area contributed by atoms with E-state index in [9.17, 15) is 4.79 Å². The summed E-state index contributed by atoms with van der Waals surface area (Å²) in [6, 6.07) is 16.3. The number of nitrogens with zero attached hydrogens (tertiary/aromatic N) is 1. The minimum atomic E-state index is -0.607. The molecule has 1 heterocycles. The van der Waals surface area contributed by atoms with Crippen LogP contribution in [0, 0.1) is 6.92 Å². The number of benzene rings is 2. The molecule has 3 rings (SSSR count). The Kier molecular flexibility index (Phi) is 3.94. The molecule has 0 radical (unpaired) electrons. The number of anilines is 1. The second kappa shape index (κ2) is 6.03. The number of rotatable bonds is 2. The van der Waals surface area contributed by atoms with Crippen LogP contribution in [0.15, 0.2) is 54.6 Å². The summed E-state index contributed by atoms with van der Waals surface area (Å²) in [6.45, 7) is 1.89. The Morgan fingerprint density at radius 2 is 1.91 bits per heavy atom. The molecule has 0 aliphatic carbocycles. The van der Waals surface area contributed by atoms with E-state index in [0.717, 1.165) is 11.1 Å². The standard InChI is InChI=1S/C17H13ClN2O2/c1-11-9-10-12-5-4-8-15(16(12)19-11)22-17(21)20-14-7-3-2-6-13(14)18/h2-10H,1H3,(H,20,21). The van der Waals surface area contributed by atoms with Crippen LogP contribution >= 0.6 is 11.6 Å². The van der Waals surface area contributed by atoms with E-state index in [2.05, 4.69) is 10.3 Å². The molecule has 4 nitrogen and oxygen atoms in total. The highest BCUT2D eigenvalue weighted by Crippen LogP contribution is 2.25. The van der Waals surface area contributed by atoms with Gasteiger partial charge in [0.15, 0.2) is 5.75 Å². The lowest BCUT2D eigenvalue weighted by Gasteiger charge is -2.09. The molecule has 0 fully saturated rings. The molecule has 0 atom stereocenters. The predicted molar refractivity (Wildman–Crippen MR) is 87.6 cm³/mol. The number of ether oxygens (including phenoxy) is 1. The molecule has 0 bridgehead atoms. The third-order valence-corrected chi connectivity index (χ3v) is 3.47. The van der Waals surface area contributed by atoms with Gasteiger partial charge in [0.05, 0.1) is 10.7 Å². The maximum absolute atomic E-state index is 12.0. The van der Waals surface area contributed by atoms with Crippen LogP contribution in [0.1, 0.15) is 5.69 Å². The van der Waals surface area contributed by atoms with Crippen molar-refractivity contribution in [3.05, 3.63) is 65.3 Å². The lowest BCUT2D eigenvalue weighted by atomic mass is 10.2. The Bertz CT molecular complexity index is 849. The fourth-order valence-electron chi connectivity index (χ4n) is 2.10. The molecule has 1 aromatic heterocycles. The fourth-order valence-corrected chi connectivity index (χ4v) is 2.28. The Morgan fingerprint density at radius 1 is 1.09 bits per heavy atom. The van der Waals surface area contributed by atoms with E-state index in [1.807, 2.05) is 31.2 Å². The van der Waals surface area contributed by atoms with Crippen molar-refractivity contribution in [1.29, 1.82) is 0 Å². The number of aromatic nitrogens is 1. The van der Waals surface area contributed by atoms with Gasteiger partial charge in [-0.3, -0.25) is 5.32 Å². The molecule has 1 N–H and O–H groups in total. The summed E-state index contributed by atoms with van der Waals surface area (Å²) in [7, 11) is 0. The number of carbonyl (C=O) groups excluding carboxylic acids is 1. The van der Waals surface area contributed by atoms with Crippen molar-refractivity contribution in [3.8, 4) is 5.75 Å². The molecule has 22 heavy (non-hydrogen) atoms. The predicted octanol–water partition coefficient (Wildman–Crippen LogP) is 4.81. The van der Waals surface area contributed by atoms with E-state index in [1.54, 1.807) is 30.3 Å². The minimum absolute atomic E-state index is 0.408. The summed E-state index contributed by atoms with van der Waals surface area (Å²) >= 11 is 6.00. The van der Waals surface area contributed by atoms with E-state index in [0.29, 0.717) is 22.0 Å². The summed E-state index contributed by atoms with van der Waals surface area (Å²) in [5.74, 6) is 0.408. The normalized spacial score (nSPS) is 10.5. The molecule has 5 heteroatoms. The van der Waals surface area contributed by atoms with Gasteiger partial charge in [0, 0.05) is 11.1 Å². The van der Waals surface area contributed by atoms with Crippen molar-refractivity contribution < 1.29 is 9.53 Å². The van der Waals surface area contributed by atoms with E-state index >= 15 is 0 Å². The Morgan fingerprint density at radius 3 is 2.73 bits per heavy atom. The molecule has 0 aliphatic rings. The van der Waals surface area contributed by atoms with Gasteiger partial charge < -0.3 is 4.74 Å². The van der Waals surface area contributed by atoms with Gasteiger partial charge >= 0.3 is 6.09 Å². The van der Waals surface area contributed by atoms with Crippen LogP contribution in [-0.2, 0) is 0 Å². The highest BCUT2D eigenvalue weighted by atomic mass is 35.5. The molecule has 2 aromatic carbocycles. The molecular formula is C17H13ClN2O2. The van der Waals surface area contributed by atoms with Gasteiger partial charge in [0.1, 0.15) is 5.52 Å². The molecule has 0 spiro atoms. The van der Waals surface area contributed by atoms with Gasteiger partial charge in [-0.1, -0.05) is 41.9 Å². The van der Waals surface area contributed by atoms with Gasteiger partial charge in [-0.25, -0.2) is 9.78 Å². The van der Waals surface area contributed by atoms with Gasteiger partial charge in [0.25, 0.3) is 0 Å². The van der Waals surface area contributed by atoms with Gasteiger partial charge in [-0.2, -0.15) is 0 Å². The molecule has 0 unspecified atom stereocenters. The molecule has 0 saturated heterocycles. The smallest absolute Gasteiger partial charge is 0.408 e. The SMILES string of the molecule is Cc1ccc2cccc(OC(=O)Nc3ccccc3Cl)c2n1. The number of amides is 1. The first-order valence-corrected chi connectivity index (χ1v) is 7.11. The molecule has 3 aromatic rings. The third-order valence-electron chi connectivity index (χ3n) is 3.14. The number of para-hydroxylation sites is 2. The highest BCUT2D eigenvalue weighted by Gasteiger charge is 2.11. The van der Waals surface area contributed by atoms with E-state index < -0.39 is 6.09 Å². The number of aryl methyl sites for hydroxylation is 1. The van der Waals surface area contributed by atoms with Crippen LogP contribution in [0.25, 0.3) is 10.9 Å². The van der Waals surface area contributed by atoms with Crippen LogP contribution < -0.4 is 10.1 Å². The maximum Gasteiger partial charge on any atom is 0.417 e. The molecule has 0 aliphatic heterocycles. The Hall–Kier alpha value is -2.59. The van der Waals surface area contributed by atoms with Crippen LogP contribution in [0.4, 0.5) is 10.5 Å². The van der Waals surface area contributed by atoms with Crippen molar-refractivity contribution >= 4 is 34.3 Å². The fraction of sp³-hybridized carbons (Fsp3) is 0.0588. The van der Waals surface area contributed by atoms with Crippen LogP contribution in [0.2, 0.25) is 5.02 Å². The minimum Gasteiger partial charge on any atom is -0.408 e. The van der Waals surface area contributed by atoms with Crippen LogP contribution in [0.5, 0.6) is 5.75 Å². The maximum atomic E-state index is 12.0. The summed E-state index contributed by atoms with van der Waals surface area (Å²) < 4.78 is 5.37. The lowest BCUT2D eigenvalue weighted by molar-refractivity contribution is 0.215. The first kappa shape index (κ1) is 14.4. The second-order valence-electron chi connectivity index (χ2n) is 4.77. The first-order valence-electron chi connectivity index (χ1n) is 6.73.